The summed E-state index contributed by atoms with van der Waals surface area (Å²) in [6.45, 7) is 6.22. The van der Waals surface area contributed by atoms with Gasteiger partial charge in [0.1, 0.15) is 22.8 Å². The number of benzene rings is 4. The van der Waals surface area contributed by atoms with Crippen molar-refractivity contribution in [3.05, 3.63) is 112 Å². The molecular formula is C42H44O10Si. The van der Waals surface area contributed by atoms with Gasteiger partial charge in [0, 0.05) is 36.1 Å². The van der Waals surface area contributed by atoms with Gasteiger partial charge in [0.25, 0.3) is 8.32 Å². The zero-order valence-corrected chi connectivity index (χ0v) is 31.3. The Balaban J connectivity index is 1.32. The number of ether oxygens (including phenoxy) is 3. The third-order valence-electron chi connectivity index (χ3n) is 10.9. The van der Waals surface area contributed by atoms with Crippen molar-refractivity contribution in [2.45, 2.75) is 75.9 Å². The van der Waals surface area contributed by atoms with Gasteiger partial charge in [-0.1, -0.05) is 93.6 Å². The summed E-state index contributed by atoms with van der Waals surface area (Å²) in [5.41, 5.74) is -2.99. The lowest BCUT2D eigenvalue weighted by Gasteiger charge is -2.44. The van der Waals surface area contributed by atoms with Crippen molar-refractivity contribution < 1.29 is 48.3 Å². The van der Waals surface area contributed by atoms with E-state index in [1.54, 1.807) is 6.07 Å². The number of methoxy groups -OCH3 is 1. The van der Waals surface area contributed by atoms with Crippen molar-refractivity contribution in [3.63, 3.8) is 0 Å². The molecule has 0 saturated carbocycles. The molecule has 0 bridgehead atoms. The SMILES string of the molecule is COc1cccc2c1C(=O)c1c(O)c3c(c(O)c1C2=O)C[C@@](O)(C(=O)CO[Si](c1ccccc1)(c1ccccc1)C(C)(C)C)C[C@@H]3OC1CCCCO1. The summed E-state index contributed by atoms with van der Waals surface area (Å²) in [7, 11) is -1.82. The number of fused-ring (bicyclic) bond motifs is 3. The molecule has 3 N–H and O–H groups in total. The van der Waals surface area contributed by atoms with Crippen LogP contribution in [0.1, 0.15) is 95.5 Å². The average molecular weight is 737 g/mol. The van der Waals surface area contributed by atoms with Crippen molar-refractivity contribution in [2.24, 2.45) is 0 Å². The lowest BCUT2D eigenvalue weighted by Crippen LogP contribution is -2.67. The number of ketones is 3. The van der Waals surface area contributed by atoms with Crippen LogP contribution in [0.25, 0.3) is 0 Å². The molecule has 53 heavy (non-hydrogen) atoms. The quantitative estimate of drug-likeness (QED) is 0.135. The maximum Gasteiger partial charge on any atom is 0.261 e. The highest BCUT2D eigenvalue weighted by atomic mass is 28.4. The van der Waals surface area contributed by atoms with Crippen LogP contribution in [0.5, 0.6) is 17.2 Å². The molecule has 4 aromatic rings. The highest BCUT2D eigenvalue weighted by molar-refractivity contribution is 6.99. The highest BCUT2D eigenvalue weighted by Crippen LogP contribution is 2.52. The van der Waals surface area contributed by atoms with Gasteiger partial charge < -0.3 is 34.0 Å². The molecule has 0 amide bonds. The van der Waals surface area contributed by atoms with Gasteiger partial charge in [-0.2, -0.15) is 0 Å². The minimum atomic E-state index is -3.20. The Hall–Kier alpha value is -4.65. The van der Waals surface area contributed by atoms with Gasteiger partial charge in [0.2, 0.25) is 5.78 Å². The van der Waals surface area contributed by atoms with Crippen LogP contribution >= 0.6 is 0 Å². The fourth-order valence-corrected chi connectivity index (χ4v) is 12.8. The molecule has 2 aliphatic carbocycles. The van der Waals surface area contributed by atoms with E-state index in [0.29, 0.717) is 13.0 Å². The number of aliphatic hydroxyl groups is 1. The minimum Gasteiger partial charge on any atom is -0.507 e. The van der Waals surface area contributed by atoms with Crippen molar-refractivity contribution in [1.29, 1.82) is 0 Å². The lowest BCUT2D eigenvalue weighted by molar-refractivity contribution is -0.204. The predicted molar refractivity (Wildman–Crippen MR) is 199 cm³/mol. The Morgan fingerprint density at radius 3 is 2.09 bits per heavy atom. The fourth-order valence-electron chi connectivity index (χ4n) is 8.32. The molecule has 4 aromatic carbocycles. The molecular weight excluding hydrogens is 693 g/mol. The topological polar surface area (TPSA) is 149 Å². The summed E-state index contributed by atoms with van der Waals surface area (Å²) < 4.78 is 24.5. The zero-order valence-electron chi connectivity index (χ0n) is 30.3. The highest BCUT2D eigenvalue weighted by Gasteiger charge is 2.53. The Kier molecular flexibility index (Phi) is 9.67. The third kappa shape index (κ3) is 6.10. The molecule has 1 aliphatic heterocycles. The van der Waals surface area contributed by atoms with Gasteiger partial charge in [-0.15, -0.1) is 0 Å². The smallest absolute Gasteiger partial charge is 0.261 e. The van der Waals surface area contributed by atoms with Gasteiger partial charge in [-0.25, -0.2) is 0 Å². The van der Waals surface area contributed by atoms with Crippen LogP contribution in [0.2, 0.25) is 5.04 Å². The van der Waals surface area contributed by atoms with E-state index < -0.39 is 78.8 Å². The number of carbonyl (C=O) groups is 3. The monoisotopic (exact) mass is 736 g/mol. The van der Waals surface area contributed by atoms with Crippen LogP contribution in [0.4, 0.5) is 0 Å². The molecule has 276 valence electrons. The molecule has 1 fully saturated rings. The number of rotatable bonds is 9. The summed E-state index contributed by atoms with van der Waals surface area (Å²) in [5.74, 6) is -3.06. The van der Waals surface area contributed by atoms with Crippen molar-refractivity contribution in [1.82, 2.24) is 0 Å². The molecule has 0 spiro atoms. The maximum absolute atomic E-state index is 14.5. The number of carbonyl (C=O) groups excluding carboxylic acids is 3. The van der Waals surface area contributed by atoms with Gasteiger partial charge in [0.15, 0.2) is 17.9 Å². The molecule has 1 heterocycles. The van der Waals surface area contributed by atoms with Crippen LogP contribution in [0.15, 0.2) is 78.9 Å². The normalized spacial score (nSPS) is 21.4. The molecule has 0 aromatic heterocycles. The number of hydrogen-bond acceptors (Lipinski definition) is 10. The Labute approximate surface area is 309 Å². The van der Waals surface area contributed by atoms with Crippen LogP contribution in [-0.4, -0.2) is 73.2 Å². The van der Waals surface area contributed by atoms with Crippen molar-refractivity contribution in [2.75, 3.05) is 20.3 Å². The third-order valence-corrected chi connectivity index (χ3v) is 15.9. The molecule has 1 unspecified atom stereocenters. The van der Waals surface area contributed by atoms with Gasteiger partial charge in [-0.3, -0.25) is 14.4 Å². The number of phenolic OH excluding ortho intramolecular Hbond substituents is 2. The second kappa shape index (κ2) is 14.0. The minimum absolute atomic E-state index is 0.000700. The first-order chi connectivity index (χ1) is 25.3. The zero-order chi connectivity index (χ0) is 37.7. The van der Waals surface area contributed by atoms with E-state index in [1.165, 1.54) is 19.2 Å². The van der Waals surface area contributed by atoms with E-state index in [0.717, 1.165) is 23.2 Å². The Morgan fingerprint density at radius 2 is 1.51 bits per heavy atom. The van der Waals surface area contributed by atoms with Gasteiger partial charge in [0.05, 0.1) is 36.5 Å². The van der Waals surface area contributed by atoms with E-state index in [9.17, 15) is 29.7 Å². The molecule has 11 heteroatoms. The first-order valence-corrected chi connectivity index (χ1v) is 19.9. The van der Waals surface area contributed by atoms with Crippen LogP contribution in [0, 0.1) is 0 Å². The summed E-state index contributed by atoms with van der Waals surface area (Å²) in [6.07, 6.45) is -0.544. The predicted octanol–water partition coefficient (Wildman–Crippen LogP) is 5.29. The number of aromatic hydroxyl groups is 2. The van der Waals surface area contributed by atoms with Crippen LogP contribution in [0.3, 0.4) is 0 Å². The van der Waals surface area contributed by atoms with Crippen LogP contribution < -0.4 is 15.1 Å². The maximum atomic E-state index is 14.5. The van der Waals surface area contributed by atoms with E-state index in [4.69, 9.17) is 18.6 Å². The van der Waals surface area contributed by atoms with Gasteiger partial charge in [-0.05, 0) is 40.7 Å². The summed E-state index contributed by atoms with van der Waals surface area (Å²) >= 11 is 0. The molecule has 3 aliphatic rings. The van der Waals surface area contributed by atoms with Crippen LogP contribution in [-0.2, 0) is 25.1 Å². The van der Waals surface area contributed by atoms with E-state index in [2.05, 4.69) is 20.8 Å². The first-order valence-electron chi connectivity index (χ1n) is 18.0. The van der Waals surface area contributed by atoms with E-state index in [1.807, 2.05) is 60.7 Å². The Bertz CT molecular complexity index is 2030. The largest absolute Gasteiger partial charge is 0.507 e. The van der Waals surface area contributed by atoms with E-state index >= 15 is 0 Å². The standard InChI is InChI=1S/C42H44O10Si/c1-41(2,3)53(25-14-7-5-8-15-25,26-16-9-6-10-17-26)51-24-31(43)42(48)22-28-34(30(23-42)52-32-20-11-12-21-50-32)40(47)36-35(38(28)45)37(44)27-18-13-19-29(49-4)33(27)39(36)46/h5-10,13-19,30,32,45,47-48H,11-12,20-24H2,1-4H3/t30-,32?,42-/m0/s1. The second-order valence-corrected chi connectivity index (χ2v) is 19.4. The molecule has 10 nitrogen and oxygen atoms in total. The number of hydrogen-bond donors (Lipinski definition) is 3. The number of Topliss-reactive ketones (excluding diaryl/α,β-unsaturated/α-hetero) is 1. The second-order valence-electron chi connectivity index (χ2n) is 15.1. The average Bonchev–Trinajstić information content (AvgIpc) is 3.15. The molecule has 7 rings (SSSR count). The molecule has 3 atom stereocenters. The fraction of sp³-hybridized carbons (Fsp3) is 0.357. The summed E-state index contributed by atoms with van der Waals surface area (Å²) in [4.78, 5) is 42.5. The first kappa shape index (κ1) is 36.7. The lowest BCUT2D eigenvalue weighted by atomic mass is 9.72. The number of phenols is 2. The van der Waals surface area contributed by atoms with Crippen molar-refractivity contribution in [3.8, 4) is 17.2 Å². The molecule has 0 radical (unpaired) electrons. The molecule has 1 saturated heterocycles. The van der Waals surface area contributed by atoms with E-state index in [-0.39, 0.29) is 40.0 Å². The van der Waals surface area contributed by atoms with Gasteiger partial charge >= 0.3 is 0 Å². The summed E-state index contributed by atoms with van der Waals surface area (Å²) in [6, 6.07) is 24.2. The Morgan fingerprint density at radius 1 is 0.868 bits per heavy atom. The summed E-state index contributed by atoms with van der Waals surface area (Å²) in [5, 5.41) is 37.7. The van der Waals surface area contributed by atoms with Crippen molar-refractivity contribution >= 4 is 36.0 Å².